The first-order valence-corrected chi connectivity index (χ1v) is 5.96. The van der Waals surface area contributed by atoms with Gasteiger partial charge in [-0.3, -0.25) is 4.79 Å². The molecule has 1 unspecified atom stereocenters. The smallest absolute Gasteiger partial charge is 0.222 e. The molecule has 1 atom stereocenters. The number of benzene rings is 1. The summed E-state index contributed by atoms with van der Waals surface area (Å²) in [5.74, 6) is 0.937. The molecule has 92 valence electrons. The predicted octanol–water partition coefficient (Wildman–Crippen LogP) is 1.78. The van der Waals surface area contributed by atoms with Gasteiger partial charge in [-0.15, -0.1) is 0 Å². The lowest BCUT2D eigenvalue weighted by atomic mass is 10.1. The SMILES string of the molecule is COc1ccccc1NC1CCCNC(=O)C1. The number of nitrogens with one attached hydrogen (secondary N) is 2. The van der Waals surface area contributed by atoms with E-state index in [2.05, 4.69) is 10.6 Å². The molecule has 0 spiro atoms. The fraction of sp³-hybridized carbons (Fsp3) is 0.462. The van der Waals surface area contributed by atoms with Crippen molar-refractivity contribution in [2.45, 2.75) is 25.3 Å². The van der Waals surface area contributed by atoms with Crippen molar-refractivity contribution < 1.29 is 9.53 Å². The minimum Gasteiger partial charge on any atom is -0.495 e. The Morgan fingerprint density at radius 3 is 3.06 bits per heavy atom. The van der Waals surface area contributed by atoms with Gasteiger partial charge < -0.3 is 15.4 Å². The standard InChI is InChI=1S/C13H18N2O2/c1-17-12-7-3-2-6-11(12)15-10-5-4-8-14-13(16)9-10/h2-3,6-7,10,15H,4-5,8-9H2,1H3,(H,14,16). The molecule has 2 rings (SSSR count). The molecule has 4 nitrogen and oxygen atoms in total. The van der Waals surface area contributed by atoms with E-state index in [1.165, 1.54) is 0 Å². The first-order valence-electron chi connectivity index (χ1n) is 5.96. The monoisotopic (exact) mass is 234 g/mol. The molecular formula is C13H18N2O2. The summed E-state index contributed by atoms with van der Waals surface area (Å²) in [5, 5.41) is 6.26. The van der Waals surface area contributed by atoms with Gasteiger partial charge >= 0.3 is 0 Å². The van der Waals surface area contributed by atoms with E-state index in [9.17, 15) is 4.79 Å². The van der Waals surface area contributed by atoms with Gasteiger partial charge in [0.15, 0.2) is 0 Å². The zero-order valence-electron chi connectivity index (χ0n) is 10.0. The molecule has 0 radical (unpaired) electrons. The highest BCUT2D eigenvalue weighted by Gasteiger charge is 2.17. The van der Waals surface area contributed by atoms with Crippen molar-refractivity contribution in [2.24, 2.45) is 0 Å². The van der Waals surface area contributed by atoms with E-state index in [1.54, 1.807) is 7.11 Å². The molecule has 4 heteroatoms. The van der Waals surface area contributed by atoms with Crippen LogP contribution in [-0.4, -0.2) is 25.6 Å². The summed E-state index contributed by atoms with van der Waals surface area (Å²) in [6.45, 7) is 0.781. The Labute approximate surface area is 101 Å². The lowest BCUT2D eigenvalue weighted by Gasteiger charge is -2.18. The minimum atomic E-state index is 0.120. The molecule has 1 heterocycles. The summed E-state index contributed by atoms with van der Waals surface area (Å²) in [4.78, 5) is 11.5. The number of rotatable bonds is 3. The van der Waals surface area contributed by atoms with Crippen molar-refractivity contribution in [1.29, 1.82) is 0 Å². The van der Waals surface area contributed by atoms with Crippen LogP contribution in [0.25, 0.3) is 0 Å². The van der Waals surface area contributed by atoms with Crippen molar-refractivity contribution >= 4 is 11.6 Å². The van der Waals surface area contributed by atoms with Crippen molar-refractivity contribution in [3.8, 4) is 5.75 Å². The molecule has 1 saturated heterocycles. The van der Waals surface area contributed by atoms with E-state index in [4.69, 9.17) is 4.74 Å². The van der Waals surface area contributed by atoms with Crippen LogP contribution in [0.1, 0.15) is 19.3 Å². The quantitative estimate of drug-likeness (QED) is 0.838. The van der Waals surface area contributed by atoms with Gasteiger partial charge in [-0.05, 0) is 25.0 Å². The number of anilines is 1. The lowest BCUT2D eigenvalue weighted by molar-refractivity contribution is -0.120. The number of para-hydroxylation sites is 2. The molecular weight excluding hydrogens is 216 g/mol. The number of carbonyl (C=O) groups excluding carboxylic acids is 1. The largest absolute Gasteiger partial charge is 0.495 e. The summed E-state index contributed by atoms with van der Waals surface area (Å²) >= 11 is 0. The maximum absolute atomic E-state index is 11.5. The van der Waals surface area contributed by atoms with Crippen molar-refractivity contribution in [1.82, 2.24) is 5.32 Å². The topological polar surface area (TPSA) is 50.4 Å². The second kappa shape index (κ2) is 5.57. The van der Waals surface area contributed by atoms with Gasteiger partial charge in [0.1, 0.15) is 5.75 Å². The van der Waals surface area contributed by atoms with E-state index in [0.717, 1.165) is 30.8 Å². The Hall–Kier alpha value is -1.71. The van der Waals surface area contributed by atoms with Crippen LogP contribution in [0, 0.1) is 0 Å². The highest BCUT2D eigenvalue weighted by molar-refractivity contribution is 5.77. The molecule has 0 bridgehead atoms. The van der Waals surface area contributed by atoms with Gasteiger partial charge in [0.25, 0.3) is 0 Å². The Morgan fingerprint density at radius 2 is 2.24 bits per heavy atom. The van der Waals surface area contributed by atoms with Gasteiger partial charge in [0, 0.05) is 19.0 Å². The van der Waals surface area contributed by atoms with Crippen LogP contribution in [0.2, 0.25) is 0 Å². The highest BCUT2D eigenvalue weighted by atomic mass is 16.5. The van der Waals surface area contributed by atoms with E-state index in [-0.39, 0.29) is 11.9 Å². The van der Waals surface area contributed by atoms with E-state index < -0.39 is 0 Å². The third-order valence-electron chi connectivity index (χ3n) is 2.95. The molecule has 1 aromatic carbocycles. The molecule has 1 aliphatic heterocycles. The summed E-state index contributed by atoms with van der Waals surface area (Å²) in [6.07, 6.45) is 2.54. The summed E-state index contributed by atoms with van der Waals surface area (Å²) in [5.41, 5.74) is 0.953. The van der Waals surface area contributed by atoms with Crippen LogP contribution >= 0.6 is 0 Å². The van der Waals surface area contributed by atoms with Crippen molar-refractivity contribution in [3.05, 3.63) is 24.3 Å². The summed E-state index contributed by atoms with van der Waals surface area (Å²) in [6, 6.07) is 7.97. The number of methoxy groups -OCH3 is 1. The van der Waals surface area contributed by atoms with Crippen LogP contribution in [0.15, 0.2) is 24.3 Å². The van der Waals surface area contributed by atoms with Crippen LogP contribution in [-0.2, 0) is 4.79 Å². The van der Waals surface area contributed by atoms with Crippen LogP contribution in [0.4, 0.5) is 5.69 Å². The predicted molar refractivity (Wildman–Crippen MR) is 67.3 cm³/mol. The van der Waals surface area contributed by atoms with E-state index >= 15 is 0 Å². The zero-order valence-corrected chi connectivity index (χ0v) is 10.0. The van der Waals surface area contributed by atoms with Crippen molar-refractivity contribution in [2.75, 3.05) is 19.0 Å². The average molecular weight is 234 g/mol. The first kappa shape index (κ1) is 11.8. The van der Waals surface area contributed by atoms with Crippen LogP contribution in [0.5, 0.6) is 5.75 Å². The molecule has 1 amide bonds. The molecule has 17 heavy (non-hydrogen) atoms. The molecule has 1 aromatic rings. The third kappa shape index (κ3) is 3.12. The number of amides is 1. The van der Waals surface area contributed by atoms with E-state index in [0.29, 0.717) is 6.42 Å². The maximum Gasteiger partial charge on any atom is 0.222 e. The number of ether oxygens (including phenoxy) is 1. The normalized spacial score (nSPS) is 20.3. The van der Waals surface area contributed by atoms with Crippen LogP contribution < -0.4 is 15.4 Å². The molecule has 2 N–H and O–H groups in total. The molecule has 0 saturated carbocycles. The summed E-state index contributed by atoms with van der Waals surface area (Å²) in [7, 11) is 1.65. The Morgan fingerprint density at radius 1 is 1.41 bits per heavy atom. The van der Waals surface area contributed by atoms with Gasteiger partial charge in [-0.25, -0.2) is 0 Å². The second-order valence-electron chi connectivity index (χ2n) is 4.24. The fourth-order valence-corrected chi connectivity index (χ4v) is 2.08. The van der Waals surface area contributed by atoms with Crippen LogP contribution in [0.3, 0.4) is 0 Å². The number of hydrogen-bond donors (Lipinski definition) is 2. The molecule has 0 aliphatic carbocycles. The number of hydrogen-bond acceptors (Lipinski definition) is 3. The molecule has 1 aliphatic rings. The average Bonchev–Trinajstić information content (AvgIpc) is 2.54. The third-order valence-corrected chi connectivity index (χ3v) is 2.95. The van der Waals surface area contributed by atoms with Gasteiger partial charge in [0.05, 0.1) is 12.8 Å². The summed E-state index contributed by atoms with van der Waals surface area (Å²) < 4.78 is 5.28. The Bertz CT molecular complexity index is 393. The minimum absolute atomic E-state index is 0.120. The van der Waals surface area contributed by atoms with Gasteiger partial charge in [-0.2, -0.15) is 0 Å². The maximum atomic E-state index is 11.5. The second-order valence-corrected chi connectivity index (χ2v) is 4.24. The zero-order chi connectivity index (χ0) is 12.1. The molecule has 1 fully saturated rings. The Kier molecular flexibility index (Phi) is 3.85. The first-order chi connectivity index (χ1) is 8.29. The van der Waals surface area contributed by atoms with E-state index in [1.807, 2.05) is 24.3 Å². The highest BCUT2D eigenvalue weighted by Crippen LogP contribution is 2.25. The fourth-order valence-electron chi connectivity index (χ4n) is 2.08. The number of carbonyl (C=O) groups is 1. The van der Waals surface area contributed by atoms with Crippen molar-refractivity contribution in [3.63, 3.8) is 0 Å². The lowest BCUT2D eigenvalue weighted by Crippen LogP contribution is -2.26. The Balaban J connectivity index is 2.06. The van der Waals surface area contributed by atoms with Gasteiger partial charge in [-0.1, -0.05) is 12.1 Å². The van der Waals surface area contributed by atoms with Gasteiger partial charge in [0.2, 0.25) is 5.91 Å². The molecule has 0 aromatic heterocycles.